The highest BCUT2D eigenvalue weighted by Crippen LogP contribution is 2.52. The van der Waals surface area contributed by atoms with Crippen LogP contribution in [0.15, 0.2) is 42.5 Å². The average Bonchev–Trinajstić information content (AvgIpc) is 3.04. The zero-order chi connectivity index (χ0) is 15.1. The van der Waals surface area contributed by atoms with Crippen LogP contribution in [0.3, 0.4) is 0 Å². The van der Waals surface area contributed by atoms with Crippen LogP contribution >= 0.6 is 0 Å². The summed E-state index contributed by atoms with van der Waals surface area (Å²) in [6.07, 6.45) is 5.33. The van der Waals surface area contributed by atoms with E-state index in [-0.39, 0.29) is 0 Å². The lowest BCUT2D eigenvalue weighted by molar-refractivity contribution is 0.364. The molecular weight excluding hydrogens is 268 g/mol. The number of rotatable bonds is 2. The van der Waals surface area contributed by atoms with Gasteiger partial charge in [-0.1, -0.05) is 42.8 Å². The van der Waals surface area contributed by atoms with Gasteiger partial charge in [-0.05, 0) is 72.3 Å². The summed E-state index contributed by atoms with van der Waals surface area (Å²) in [5.41, 5.74) is 5.97. The summed E-state index contributed by atoms with van der Waals surface area (Å²) in [6, 6.07) is 15.9. The highest BCUT2D eigenvalue weighted by atomic mass is 16.5. The summed E-state index contributed by atoms with van der Waals surface area (Å²) in [4.78, 5) is 0. The smallest absolute Gasteiger partial charge is 0.121 e. The van der Waals surface area contributed by atoms with Gasteiger partial charge < -0.3 is 4.74 Å². The quantitative estimate of drug-likeness (QED) is 0.736. The van der Waals surface area contributed by atoms with E-state index in [0.717, 1.165) is 17.6 Å². The molecule has 0 unspecified atom stereocenters. The van der Waals surface area contributed by atoms with E-state index in [0.29, 0.717) is 5.92 Å². The first-order valence-corrected chi connectivity index (χ1v) is 8.50. The maximum atomic E-state index is 5.43. The van der Waals surface area contributed by atoms with Crippen LogP contribution < -0.4 is 4.74 Å². The number of ether oxygens (including phenoxy) is 1. The molecule has 2 aliphatic rings. The molecule has 0 amide bonds. The van der Waals surface area contributed by atoms with Crippen molar-refractivity contribution < 1.29 is 4.74 Å². The average molecular weight is 292 g/mol. The Morgan fingerprint density at radius 1 is 1.00 bits per heavy atom. The summed E-state index contributed by atoms with van der Waals surface area (Å²) >= 11 is 0. The molecule has 0 spiro atoms. The summed E-state index contributed by atoms with van der Waals surface area (Å²) in [5, 5.41) is 0. The lowest BCUT2D eigenvalue weighted by Gasteiger charge is -2.36. The largest absolute Gasteiger partial charge is 0.496 e. The minimum atomic E-state index is 0.673. The van der Waals surface area contributed by atoms with Gasteiger partial charge in [-0.3, -0.25) is 0 Å². The minimum absolute atomic E-state index is 0.673. The number of fused-ring (bicyclic) bond motifs is 3. The van der Waals surface area contributed by atoms with Gasteiger partial charge in [0.25, 0.3) is 0 Å². The Bertz CT molecular complexity index is 688. The third-order valence-electron chi connectivity index (χ3n) is 5.83. The molecule has 0 saturated heterocycles. The number of hydrogen-bond donors (Lipinski definition) is 0. The van der Waals surface area contributed by atoms with Gasteiger partial charge in [0.15, 0.2) is 0 Å². The Morgan fingerprint density at radius 3 is 2.68 bits per heavy atom. The van der Waals surface area contributed by atoms with Gasteiger partial charge in [0.1, 0.15) is 5.75 Å². The second-order valence-electron chi connectivity index (χ2n) is 6.94. The van der Waals surface area contributed by atoms with Crippen molar-refractivity contribution in [3.63, 3.8) is 0 Å². The van der Waals surface area contributed by atoms with Gasteiger partial charge in [-0.15, -0.1) is 0 Å². The lowest BCUT2D eigenvalue weighted by Crippen LogP contribution is -2.24. The summed E-state index contributed by atoms with van der Waals surface area (Å²) < 4.78 is 5.43. The molecule has 3 atom stereocenters. The van der Waals surface area contributed by atoms with E-state index in [1.165, 1.54) is 36.8 Å². The minimum Gasteiger partial charge on any atom is -0.496 e. The Labute approximate surface area is 133 Å². The van der Waals surface area contributed by atoms with E-state index >= 15 is 0 Å². The fourth-order valence-electron chi connectivity index (χ4n) is 4.82. The number of hydrogen-bond acceptors (Lipinski definition) is 1. The SMILES string of the molecule is COc1ccc([C@@H]2Cc3ccccc3[C@@H]3CCC[C@H]23)cc1C. The van der Waals surface area contributed by atoms with Gasteiger partial charge in [-0.2, -0.15) is 0 Å². The van der Waals surface area contributed by atoms with Crippen molar-refractivity contribution in [2.75, 3.05) is 7.11 Å². The van der Waals surface area contributed by atoms with E-state index in [1.807, 2.05) is 0 Å². The van der Waals surface area contributed by atoms with Crippen molar-refractivity contribution in [1.82, 2.24) is 0 Å². The second-order valence-corrected chi connectivity index (χ2v) is 6.94. The molecule has 22 heavy (non-hydrogen) atoms. The Morgan fingerprint density at radius 2 is 1.86 bits per heavy atom. The third-order valence-corrected chi connectivity index (χ3v) is 5.83. The fourth-order valence-corrected chi connectivity index (χ4v) is 4.82. The molecule has 0 aromatic heterocycles. The topological polar surface area (TPSA) is 9.23 Å². The van der Waals surface area contributed by atoms with E-state index < -0.39 is 0 Å². The Hall–Kier alpha value is -1.76. The number of methoxy groups -OCH3 is 1. The van der Waals surface area contributed by atoms with Crippen LogP contribution in [0.2, 0.25) is 0 Å². The van der Waals surface area contributed by atoms with Crippen LogP contribution in [-0.2, 0) is 6.42 Å². The number of benzene rings is 2. The van der Waals surface area contributed by atoms with Crippen molar-refractivity contribution in [3.8, 4) is 5.75 Å². The fraction of sp³-hybridized carbons (Fsp3) is 0.429. The Balaban J connectivity index is 1.75. The first-order valence-electron chi connectivity index (χ1n) is 8.50. The predicted molar refractivity (Wildman–Crippen MR) is 90.7 cm³/mol. The molecular formula is C21H24O. The van der Waals surface area contributed by atoms with E-state index in [1.54, 1.807) is 18.2 Å². The Kier molecular flexibility index (Phi) is 3.44. The van der Waals surface area contributed by atoms with E-state index in [2.05, 4.69) is 49.4 Å². The van der Waals surface area contributed by atoms with Gasteiger partial charge in [0, 0.05) is 0 Å². The molecule has 0 radical (unpaired) electrons. The van der Waals surface area contributed by atoms with Crippen molar-refractivity contribution in [2.45, 2.75) is 44.4 Å². The van der Waals surface area contributed by atoms with Crippen molar-refractivity contribution >= 4 is 0 Å². The summed E-state index contributed by atoms with van der Waals surface area (Å²) in [6.45, 7) is 2.16. The van der Waals surface area contributed by atoms with Gasteiger partial charge >= 0.3 is 0 Å². The predicted octanol–water partition coefficient (Wildman–Crippen LogP) is 5.23. The van der Waals surface area contributed by atoms with E-state index in [9.17, 15) is 0 Å². The molecule has 0 aliphatic heterocycles. The highest BCUT2D eigenvalue weighted by Gasteiger charge is 2.39. The van der Waals surface area contributed by atoms with Crippen LogP contribution in [0.1, 0.15) is 53.4 Å². The molecule has 0 bridgehead atoms. The van der Waals surface area contributed by atoms with Gasteiger partial charge in [0.05, 0.1) is 7.11 Å². The molecule has 4 rings (SSSR count). The van der Waals surface area contributed by atoms with Gasteiger partial charge in [0.2, 0.25) is 0 Å². The van der Waals surface area contributed by atoms with Crippen LogP contribution in [0, 0.1) is 12.8 Å². The van der Waals surface area contributed by atoms with E-state index in [4.69, 9.17) is 4.74 Å². The van der Waals surface area contributed by atoms with Crippen LogP contribution in [0.25, 0.3) is 0 Å². The van der Waals surface area contributed by atoms with Crippen LogP contribution in [0.5, 0.6) is 5.75 Å². The van der Waals surface area contributed by atoms with Crippen molar-refractivity contribution in [2.24, 2.45) is 5.92 Å². The molecule has 2 aliphatic carbocycles. The standard InChI is InChI=1S/C21H24O/c1-14-12-16(10-11-21(14)22-2)20-13-15-6-3-4-7-17(15)18-8-5-9-19(18)20/h3-4,6-7,10-12,18-20H,5,8-9,13H2,1-2H3/t18-,19-,20-/m0/s1. The maximum absolute atomic E-state index is 5.43. The maximum Gasteiger partial charge on any atom is 0.121 e. The molecule has 2 aromatic rings. The lowest BCUT2D eigenvalue weighted by atomic mass is 9.68. The molecule has 0 N–H and O–H groups in total. The first-order chi connectivity index (χ1) is 10.8. The molecule has 1 saturated carbocycles. The molecule has 2 aromatic carbocycles. The third kappa shape index (κ3) is 2.15. The summed E-state index contributed by atoms with van der Waals surface area (Å²) in [5.74, 6) is 3.27. The molecule has 114 valence electrons. The van der Waals surface area contributed by atoms with Gasteiger partial charge in [-0.25, -0.2) is 0 Å². The molecule has 0 heterocycles. The zero-order valence-electron chi connectivity index (χ0n) is 13.5. The molecule has 1 heteroatoms. The molecule has 1 fully saturated rings. The molecule has 1 nitrogen and oxygen atoms in total. The normalized spacial score (nSPS) is 26.4. The van der Waals surface area contributed by atoms with Crippen LogP contribution in [0.4, 0.5) is 0 Å². The zero-order valence-corrected chi connectivity index (χ0v) is 13.5. The summed E-state index contributed by atoms with van der Waals surface area (Å²) in [7, 11) is 1.76. The monoisotopic (exact) mass is 292 g/mol. The second kappa shape index (κ2) is 5.46. The van der Waals surface area contributed by atoms with Crippen molar-refractivity contribution in [1.29, 1.82) is 0 Å². The highest BCUT2D eigenvalue weighted by molar-refractivity contribution is 5.42. The van der Waals surface area contributed by atoms with Crippen molar-refractivity contribution in [3.05, 3.63) is 64.7 Å². The first kappa shape index (κ1) is 13.9. The number of aryl methyl sites for hydroxylation is 1. The van der Waals surface area contributed by atoms with Crippen LogP contribution in [-0.4, -0.2) is 7.11 Å².